The third kappa shape index (κ3) is 2.36. The Morgan fingerprint density at radius 3 is 2.47 bits per heavy atom. The van der Waals surface area contributed by atoms with Crippen molar-refractivity contribution in [1.82, 2.24) is 19.9 Å². The highest BCUT2D eigenvalue weighted by molar-refractivity contribution is 5.33. The van der Waals surface area contributed by atoms with E-state index in [1.807, 2.05) is 6.20 Å². The summed E-state index contributed by atoms with van der Waals surface area (Å²) < 4.78 is 1.78. The zero-order valence-electron chi connectivity index (χ0n) is 9.79. The first kappa shape index (κ1) is 10.5. The van der Waals surface area contributed by atoms with Crippen molar-refractivity contribution in [2.24, 2.45) is 0 Å². The molecule has 0 spiro atoms. The van der Waals surface area contributed by atoms with Crippen molar-refractivity contribution in [2.45, 2.75) is 19.4 Å². The predicted octanol–water partition coefficient (Wildman–Crippen LogP) is 1.86. The minimum absolute atomic E-state index is 1.06. The number of hydrogen-bond donors (Lipinski definition) is 0. The second-order valence-corrected chi connectivity index (χ2v) is 4.50. The van der Waals surface area contributed by atoms with Crippen LogP contribution in [-0.4, -0.2) is 33.0 Å². The average Bonchev–Trinajstić information content (AvgIpc) is 3.01. The molecular weight excluding hydrogens is 212 g/mol. The number of benzene rings is 1. The molecule has 1 saturated heterocycles. The summed E-state index contributed by atoms with van der Waals surface area (Å²) in [5, 5.41) is 7.78. The van der Waals surface area contributed by atoms with Gasteiger partial charge in [0, 0.05) is 6.54 Å². The number of aromatic nitrogens is 3. The van der Waals surface area contributed by atoms with Gasteiger partial charge in [-0.25, -0.2) is 4.68 Å². The van der Waals surface area contributed by atoms with Crippen LogP contribution in [0.4, 0.5) is 0 Å². The van der Waals surface area contributed by atoms with Crippen LogP contribution in [0.3, 0.4) is 0 Å². The Bertz CT molecular complexity index is 455. The molecule has 1 aliphatic rings. The van der Waals surface area contributed by atoms with Gasteiger partial charge in [0.15, 0.2) is 0 Å². The van der Waals surface area contributed by atoms with Crippen molar-refractivity contribution in [2.75, 3.05) is 13.1 Å². The number of likely N-dealkylation sites (tertiary alicyclic amines) is 1. The van der Waals surface area contributed by atoms with Gasteiger partial charge in [0.1, 0.15) is 0 Å². The van der Waals surface area contributed by atoms with Crippen LogP contribution in [0.1, 0.15) is 18.4 Å². The maximum Gasteiger partial charge on any atom is 0.0697 e. The molecule has 3 rings (SSSR count). The Labute approximate surface area is 101 Å². The van der Waals surface area contributed by atoms with Crippen LogP contribution in [0.15, 0.2) is 36.7 Å². The lowest BCUT2D eigenvalue weighted by atomic mass is 10.2. The lowest BCUT2D eigenvalue weighted by molar-refractivity contribution is 0.331. The highest BCUT2D eigenvalue weighted by Crippen LogP contribution is 2.14. The highest BCUT2D eigenvalue weighted by Gasteiger charge is 2.11. The normalized spacial score (nSPS) is 16.5. The van der Waals surface area contributed by atoms with Crippen molar-refractivity contribution in [3.8, 4) is 5.69 Å². The monoisotopic (exact) mass is 228 g/mol. The molecule has 0 radical (unpaired) electrons. The quantitative estimate of drug-likeness (QED) is 0.804. The van der Waals surface area contributed by atoms with Gasteiger partial charge < -0.3 is 0 Å². The zero-order chi connectivity index (χ0) is 11.5. The fraction of sp³-hybridized carbons (Fsp3) is 0.385. The molecule has 1 aliphatic heterocycles. The average molecular weight is 228 g/mol. The molecule has 1 fully saturated rings. The van der Waals surface area contributed by atoms with Crippen LogP contribution >= 0.6 is 0 Å². The van der Waals surface area contributed by atoms with Crippen LogP contribution in [0.25, 0.3) is 5.69 Å². The number of nitrogens with zero attached hydrogens (tertiary/aromatic N) is 4. The molecule has 2 aromatic rings. The van der Waals surface area contributed by atoms with E-state index in [4.69, 9.17) is 0 Å². The summed E-state index contributed by atoms with van der Waals surface area (Å²) in [6, 6.07) is 8.55. The molecule has 0 saturated carbocycles. The first-order chi connectivity index (χ1) is 8.42. The maximum atomic E-state index is 3.98. The molecule has 1 aromatic heterocycles. The molecule has 0 aliphatic carbocycles. The third-order valence-corrected chi connectivity index (χ3v) is 3.23. The Morgan fingerprint density at radius 2 is 1.82 bits per heavy atom. The first-order valence-corrected chi connectivity index (χ1v) is 6.10. The lowest BCUT2D eigenvalue weighted by Gasteiger charge is -2.14. The van der Waals surface area contributed by atoms with Crippen molar-refractivity contribution in [1.29, 1.82) is 0 Å². The minimum Gasteiger partial charge on any atom is -0.299 e. The molecule has 17 heavy (non-hydrogen) atoms. The van der Waals surface area contributed by atoms with E-state index in [2.05, 4.69) is 39.5 Å². The Balaban J connectivity index is 1.71. The number of hydrogen-bond acceptors (Lipinski definition) is 3. The lowest BCUT2D eigenvalue weighted by Crippen LogP contribution is -2.18. The van der Waals surface area contributed by atoms with Gasteiger partial charge in [-0.2, -0.15) is 0 Å². The second-order valence-electron chi connectivity index (χ2n) is 4.50. The van der Waals surface area contributed by atoms with Crippen molar-refractivity contribution < 1.29 is 0 Å². The molecule has 0 unspecified atom stereocenters. The molecule has 0 N–H and O–H groups in total. The number of rotatable bonds is 3. The summed E-state index contributed by atoms with van der Waals surface area (Å²) >= 11 is 0. The van der Waals surface area contributed by atoms with Crippen LogP contribution in [0.5, 0.6) is 0 Å². The van der Waals surface area contributed by atoms with Gasteiger partial charge in [-0.1, -0.05) is 17.3 Å². The largest absolute Gasteiger partial charge is 0.299 e. The molecular formula is C13H16N4. The zero-order valence-corrected chi connectivity index (χ0v) is 9.79. The maximum absolute atomic E-state index is 3.98. The fourth-order valence-corrected chi connectivity index (χ4v) is 2.30. The standard InChI is InChI=1S/C13H16N4/c1-2-9-16(8-1)11-12-3-5-13(6-4-12)17-10-7-14-15-17/h3-7,10H,1-2,8-9,11H2. The molecule has 4 heteroatoms. The smallest absolute Gasteiger partial charge is 0.0697 e. The molecule has 0 bridgehead atoms. The van der Waals surface area contributed by atoms with Gasteiger partial charge in [-0.15, -0.1) is 5.10 Å². The van der Waals surface area contributed by atoms with Crippen LogP contribution in [0, 0.1) is 0 Å². The Morgan fingerprint density at radius 1 is 1.06 bits per heavy atom. The topological polar surface area (TPSA) is 34.0 Å². The summed E-state index contributed by atoms with van der Waals surface area (Å²) in [4.78, 5) is 2.50. The Hall–Kier alpha value is -1.68. The summed E-state index contributed by atoms with van der Waals surface area (Å²) in [7, 11) is 0. The van der Waals surface area contributed by atoms with E-state index >= 15 is 0 Å². The molecule has 1 aromatic carbocycles. The van der Waals surface area contributed by atoms with E-state index in [-0.39, 0.29) is 0 Å². The third-order valence-electron chi connectivity index (χ3n) is 3.23. The van der Waals surface area contributed by atoms with Gasteiger partial charge in [-0.05, 0) is 43.6 Å². The summed E-state index contributed by atoms with van der Waals surface area (Å²) in [6.07, 6.45) is 6.24. The van der Waals surface area contributed by atoms with E-state index in [1.165, 1.54) is 31.5 Å². The SMILES string of the molecule is c1cn(-c2ccc(CN3CCCC3)cc2)nn1. The summed E-state index contributed by atoms with van der Waals surface area (Å²) in [5.74, 6) is 0. The molecule has 4 nitrogen and oxygen atoms in total. The molecule has 0 atom stereocenters. The Kier molecular flexibility index (Phi) is 2.88. The van der Waals surface area contributed by atoms with Crippen LogP contribution in [0.2, 0.25) is 0 Å². The van der Waals surface area contributed by atoms with Crippen molar-refractivity contribution in [3.05, 3.63) is 42.2 Å². The van der Waals surface area contributed by atoms with Crippen LogP contribution < -0.4 is 0 Å². The molecule has 88 valence electrons. The van der Waals surface area contributed by atoms with Crippen LogP contribution in [-0.2, 0) is 6.54 Å². The van der Waals surface area contributed by atoms with Gasteiger partial charge >= 0.3 is 0 Å². The molecule has 2 heterocycles. The van der Waals surface area contributed by atoms with E-state index in [9.17, 15) is 0 Å². The first-order valence-electron chi connectivity index (χ1n) is 6.10. The fourth-order valence-electron chi connectivity index (χ4n) is 2.30. The molecule has 0 amide bonds. The van der Waals surface area contributed by atoms with Gasteiger partial charge in [0.2, 0.25) is 0 Å². The highest BCUT2D eigenvalue weighted by atomic mass is 15.4. The van der Waals surface area contributed by atoms with Gasteiger partial charge in [-0.3, -0.25) is 4.90 Å². The predicted molar refractivity (Wildman–Crippen MR) is 65.9 cm³/mol. The van der Waals surface area contributed by atoms with Crippen molar-refractivity contribution in [3.63, 3.8) is 0 Å². The van der Waals surface area contributed by atoms with E-state index in [0.29, 0.717) is 0 Å². The van der Waals surface area contributed by atoms with Crippen molar-refractivity contribution >= 4 is 0 Å². The van der Waals surface area contributed by atoms with E-state index in [1.54, 1.807) is 10.9 Å². The van der Waals surface area contributed by atoms with Gasteiger partial charge in [0.25, 0.3) is 0 Å². The van der Waals surface area contributed by atoms with E-state index in [0.717, 1.165) is 12.2 Å². The summed E-state index contributed by atoms with van der Waals surface area (Å²) in [6.45, 7) is 3.55. The summed E-state index contributed by atoms with van der Waals surface area (Å²) in [5.41, 5.74) is 2.43. The second kappa shape index (κ2) is 4.67. The van der Waals surface area contributed by atoms with E-state index < -0.39 is 0 Å². The van der Waals surface area contributed by atoms with Gasteiger partial charge in [0.05, 0.1) is 18.1 Å². The minimum atomic E-state index is 1.06.